The number of hydrogen-bond acceptors (Lipinski definition) is 4. The van der Waals surface area contributed by atoms with Gasteiger partial charge in [-0.3, -0.25) is 14.5 Å². The summed E-state index contributed by atoms with van der Waals surface area (Å²) in [4.78, 5) is 17.1. The Bertz CT molecular complexity index is 983. The highest BCUT2D eigenvalue weighted by atomic mass is 35.5. The van der Waals surface area contributed by atoms with E-state index in [1.54, 1.807) is 34.8 Å². The standard InChI is InChI=1S/C20H17ClN4OS/c21-16-8-6-15(7-9-16)18-17(19(26)23-20-22-10-11-27-20)13-25(24-18)12-14-4-2-1-3-5-14/h1-9,13H,10-12H2,(H,22,23,26). The van der Waals surface area contributed by atoms with Crippen LogP contribution in [0.5, 0.6) is 0 Å². The number of carbonyl (C=O) groups excluding carboxylic acids is 1. The Kier molecular flexibility index (Phi) is 5.27. The van der Waals surface area contributed by atoms with Gasteiger partial charge in [0, 0.05) is 22.5 Å². The molecule has 136 valence electrons. The molecule has 27 heavy (non-hydrogen) atoms. The number of amidine groups is 1. The number of aromatic nitrogens is 2. The number of rotatable bonds is 4. The molecule has 0 saturated carbocycles. The molecule has 1 aliphatic heterocycles. The van der Waals surface area contributed by atoms with Crippen LogP contribution in [0.1, 0.15) is 15.9 Å². The fraction of sp³-hybridized carbons (Fsp3) is 0.150. The number of halogens is 1. The van der Waals surface area contributed by atoms with Gasteiger partial charge in [-0.05, 0) is 17.7 Å². The molecule has 1 amide bonds. The molecule has 0 radical (unpaired) electrons. The van der Waals surface area contributed by atoms with Gasteiger partial charge in [-0.1, -0.05) is 65.8 Å². The third-order valence-corrected chi connectivity index (χ3v) is 5.26. The summed E-state index contributed by atoms with van der Waals surface area (Å²) >= 11 is 7.56. The molecule has 7 heteroatoms. The lowest BCUT2D eigenvalue weighted by atomic mass is 10.1. The first-order valence-corrected chi connectivity index (χ1v) is 9.91. The van der Waals surface area contributed by atoms with Gasteiger partial charge in [0.2, 0.25) is 0 Å². The minimum atomic E-state index is -0.201. The van der Waals surface area contributed by atoms with Crippen molar-refractivity contribution in [2.75, 3.05) is 12.3 Å². The first kappa shape index (κ1) is 17.8. The van der Waals surface area contributed by atoms with Gasteiger partial charge in [-0.25, -0.2) is 0 Å². The van der Waals surface area contributed by atoms with E-state index < -0.39 is 0 Å². The number of hydrogen-bond donors (Lipinski definition) is 1. The fourth-order valence-corrected chi connectivity index (χ4v) is 3.68. The minimum absolute atomic E-state index is 0.201. The molecule has 5 nitrogen and oxygen atoms in total. The molecule has 1 aliphatic rings. The Morgan fingerprint density at radius 2 is 1.93 bits per heavy atom. The van der Waals surface area contributed by atoms with Crippen LogP contribution in [0.15, 0.2) is 65.8 Å². The van der Waals surface area contributed by atoms with Gasteiger partial charge in [0.05, 0.1) is 18.7 Å². The highest BCUT2D eigenvalue weighted by Gasteiger charge is 2.20. The number of aliphatic imine (C=N–C) groups is 1. The summed E-state index contributed by atoms with van der Waals surface area (Å²) in [6, 6.07) is 17.4. The van der Waals surface area contributed by atoms with Crippen LogP contribution in [0, 0.1) is 0 Å². The maximum atomic E-state index is 12.8. The average Bonchev–Trinajstić information content (AvgIpc) is 3.33. The number of nitrogens with zero attached hydrogens (tertiary/aromatic N) is 3. The zero-order valence-electron chi connectivity index (χ0n) is 14.4. The number of benzene rings is 2. The fourth-order valence-electron chi connectivity index (χ4n) is 2.84. The van der Waals surface area contributed by atoms with Crippen LogP contribution >= 0.6 is 23.4 Å². The Morgan fingerprint density at radius 1 is 1.15 bits per heavy atom. The molecule has 0 saturated heterocycles. The van der Waals surface area contributed by atoms with Crippen molar-refractivity contribution in [2.24, 2.45) is 4.99 Å². The zero-order chi connectivity index (χ0) is 18.6. The van der Waals surface area contributed by atoms with Gasteiger partial charge in [0.15, 0.2) is 5.17 Å². The van der Waals surface area contributed by atoms with Crippen molar-refractivity contribution < 1.29 is 4.79 Å². The summed E-state index contributed by atoms with van der Waals surface area (Å²) < 4.78 is 1.79. The molecule has 3 aromatic rings. The van der Waals surface area contributed by atoms with Crippen molar-refractivity contribution in [3.8, 4) is 11.3 Å². The smallest absolute Gasteiger partial charge is 0.261 e. The zero-order valence-corrected chi connectivity index (χ0v) is 16.0. The number of carbonyl (C=O) groups is 1. The summed E-state index contributed by atoms with van der Waals surface area (Å²) in [5.74, 6) is 0.694. The Balaban J connectivity index is 1.68. The monoisotopic (exact) mass is 396 g/mol. The van der Waals surface area contributed by atoms with Gasteiger partial charge < -0.3 is 5.32 Å². The molecule has 0 fully saturated rings. The lowest BCUT2D eigenvalue weighted by Crippen LogP contribution is -2.27. The molecule has 1 N–H and O–H groups in total. The molecule has 0 bridgehead atoms. The van der Waals surface area contributed by atoms with E-state index >= 15 is 0 Å². The second-order valence-corrected chi connectivity index (χ2v) is 7.59. The van der Waals surface area contributed by atoms with E-state index in [1.165, 1.54) is 0 Å². The van der Waals surface area contributed by atoms with E-state index in [4.69, 9.17) is 11.6 Å². The van der Waals surface area contributed by atoms with Gasteiger partial charge in [-0.2, -0.15) is 5.10 Å². The van der Waals surface area contributed by atoms with Crippen LogP contribution in [-0.4, -0.2) is 33.2 Å². The third-order valence-electron chi connectivity index (χ3n) is 4.12. The molecule has 4 rings (SSSR count). The first-order valence-electron chi connectivity index (χ1n) is 8.55. The lowest BCUT2D eigenvalue weighted by Gasteiger charge is -2.04. The molecular weight excluding hydrogens is 380 g/mol. The van der Waals surface area contributed by atoms with Gasteiger partial charge in [0.25, 0.3) is 5.91 Å². The van der Waals surface area contributed by atoms with E-state index in [0.717, 1.165) is 23.4 Å². The molecule has 0 aliphatic carbocycles. The van der Waals surface area contributed by atoms with E-state index in [0.29, 0.717) is 28.0 Å². The maximum Gasteiger partial charge on any atom is 0.261 e. The SMILES string of the molecule is O=C(NC1=NCCS1)c1cn(Cc2ccccc2)nc1-c1ccc(Cl)cc1. The van der Waals surface area contributed by atoms with Crippen molar-refractivity contribution in [3.63, 3.8) is 0 Å². The molecule has 2 aromatic carbocycles. The van der Waals surface area contributed by atoms with E-state index in [-0.39, 0.29) is 5.91 Å². The Labute approximate surface area is 166 Å². The number of nitrogens with one attached hydrogen (secondary N) is 1. The number of thioether (sulfide) groups is 1. The van der Waals surface area contributed by atoms with Crippen molar-refractivity contribution >= 4 is 34.4 Å². The normalized spacial score (nSPS) is 13.4. The molecule has 2 heterocycles. The van der Waals surface area contributed by atoms with Crippen LogP contribution in [0.4, 0.5) is 0 Å². The summed E-state index contributed by atoms with van der Waals surface area (Å²) in [5.41, 5.74) is 3.11. The summed E-state index contributed by atoms with van der Waals surface area (Å²) in [7, 11) is 0. The largest absolute Gasteiger partial charge is 0.301 e. The van der Waals surface area contributed by atoms with Crippen molar-refractivity contribution in [1.29, 1.82) is 0 Å². The Hall–Kier alpha value is -2.57. The van der Waals surface area contributed by atoms with Crippen LogP contribution in [0.2, 0.25) is 5.02 Å². The highest BCUT2D eigenvalue weighted by Crippen LogP contribution is 2.25. The summed E-state index contributed by atoms with van der Waals surface area (Å²) in [5, 5.41) is 8.86. The molecular formula is C20H17ClN4OS. The lowest BCUT2D eigenvalue weighted by molar-refractivity contribution is 0.0978. The van der Waals surface area contributed by atoms with Crippen LogP contribution in [0.3, 0.4) is 0 Å². The second-order valence-electron chi connectivity index (χ2n) is 6.07. The average molecular weight is 397 g/mol. The van der Waals surface area contributed by atoms with Crippen LogP contribution < -0.4 is 5.32 Å². The highest BCUT2D eigenvalue weighted by molar-refractivity contribution is 8.14. The van der Waals surface area contributed by atoms with E-state index in [2.05, 4.69) is 15.4 Å². The first-order chi connectivity index (χ1) is 13.2. The molecule has 0 atom stereocenters. The van der Waals surface area contributed by atoms with Gasteiger partial charge in [0.1, 0.15) is 5.69 Å². The van der Waals surface area contributed by atoms with Crippen molar-refractivity contribution in [1.82, 2.24) is 15.1 Å². The van der Waals surface area contributed by atoms with Gasteiger partial charge >= 0.3 is 0 Å². The maximum absolute atomic E-state index is 12.8. The summed E-state index contributed by atoms with van der Waals surface area (Å²) in [6.07, 6.45) is 1.78. The molecule has 0 unspecified atom stereocenters. The van der Waals surface area contributed by atoms with E-state index in [9.17, 15) is 4.79 Å². The quantitative estimate of drug-likeness (QED) is 0.722. The third kappa shape index (κ3) is 4.23. The van der Waals surface area contributed by atoms with Crippen LogP contribution in [0.25, 0.3) is 11.3 Å². The summed E-state index contributed by atoms with van der Waals surface area (Å²) in [6.45, 7) is 1.32. The van der Waals surface area contributed by atoms with Crippen molar-refractivity contribution in [3.05, 3.63) is 76.9 Å². The Morgan fingerprint density at radius 3 is 2.63 bits per heavy atom. The minimum Gasteiger partial charge on any atom is -0.301 e. The number of amides is 1. The van der Waals surface area contributed by atoms with E-state index in [1.807, 2.05) is 42.5 Å². The van der Waals surface area contributed by atoms with Crippen molar-refractivity contribution in [2.45, 2.75) is 6.54 Å². The van der Waals surface area contributed by atoms with Gasteiger partial charge in [-0.15, -0.1) is 0 Å². The second kappa shape index (κ2) is 7.98. The topological polar surface area (TPSA) is 59.3 Å². The van der Waals surface area contributed by atoms with Crippen LogP contribution in [-0.2, 0) is 6.54 Å². The predicted molar refractivity (Wildman–Crippen MR) is 110 cm³/mol. The molecule has 0 spiro atoms. The predicted octanol–water partition coefficient (Wildman–Crippen LogP) is 4.08. The molecule has 1 aromatic heterocycles.